The Morgan fingerprint density at radius 3 is 3.00 bits per heavy atom. The van der Waals surface area contributed by atoms with E-state index in [1.807, 2.05) is 0 Å². The zero-order valence-electron chi connectivity index (χ0n) is 8.72. The molecule has 0 radical (unpaired) electrons. The van der Waals surface area contributed by atoms with Gasteiger partial charge in [-0.05, 0) is 30.2 Å². The molecule has 0 fully saturated rings. The van der Waals surface area contributed by atoms with Gasteiger partial charge in [-0.3, -0.25) is 4.57 Å². The predicted molar refractivity (Wildman–Crippen MR) is 60.5 cm³/mol. The van der Waals surface area contributed by atoms with Crippen LogP contribution in [0.5, 0.6) is 0 Å². The summed E-state index contributed by atoms with van der Waals surface area (Å²) in [6.45, 7) is 3.08. The molecule has 0 bridgehead atoms. The SMILES string of the molecule is CCn1c#cc2ccc3c(c21)CC#CC3. The van der Waals surface area contributed by atoms with Crippen LogP contribution < -0.4 is 0 Å². The number of aromatic nitrogens is 1. The highest BCUT2D eigenvalue weighted by Gasteiger charge is 2.11. The summed E-state index contributed by atoms with van der Waals surface area (Å²) in [6.07, 6.45) is 4.92. The molecule has 1 aliphatic rings. The molecule has 1 nitrogen and oxygen atoms in total. The highest BCUT2D eigenvalue weighted by Crippen LogP contribution is 2.24. The van der Waals surface area contributed by atoms with Gasteiger partial charge in [0.25, 0.3) is 0 Å². The molecule has 0 aliphatic heterocycles. The molecule has 1 aromatic heterocycles. The summed E-state index contributed by atoms with van der Waals surface area (Å²) in [4.78, 5) is 0. The lowest BCUT2D eigenvalue weighted by molar-refractivity contribution is 0.793. The fourth-order valence-corrected chi connectivity index (χ4v) is 2.18. The second-order valence-corrected chi connectivity index (χ2v) is 3.79. The van der Waals surface area contributed by atoms with E-state index in [0.29, 0.717) is 0 Å². The standard InChI is InChI=1S/C14H11N/c1-2-15-10-9-12-8-7-11-5-3-4-6-13(11)14(12)15/h7-8H,2,5-6H2,1H3. The van der Waals surface area contributed by atoms with E-state index in [-0.39, 0.29) is 0 Å². The van der Waals surface area contributed by atoms with Crippen LogP contribution in [0.15, 0.2) is 12.1 Å². The van der Waals surface area contributed by atoms with Gasteiger partial charge in [-0.15, -0.1) is 0 Å². The van der Waals surface area contributed by atoms with Crippen molar-refractivity contribution in [1.29, 1.82) is 0 Å². The molecule has 0 atom stereocenters. The first-order chi connectivity index (χ1) is 7.40. The third-order valence-corrected chi connectivity index (χ3v) is 2.96. The zero-order valence-corrected chi connectivity index (χ0v) is 8.72. The Morgan fingerprint density at radius 1 is 1.27 bits per heavy atom. The lowest BCUT2D eigenvalue weighted by Crippen LogP contribution is -2.02. The van der Waals surface area contributed by atoms with Crippen LogP contribution >= 0.6 is 0 Å². The quantitative estimate of drug-likeness (QED) is 0.613. The molecular weight excluding hydrogens is 182 g/mol. The molecule has 0 saturated heterocycles. The summed E-state index contributed by atoms with van der Waals surface area (Å²) in [5.74, 6) is 6.34. The topological polar surface area (TPSA) is 4.93 Å². The largest absolute Gasteiger partial charge is 0.300 e. The van der Waals surface area contributed by atoms with Gasteiger partial charge in [0, 0.05) is 25.6 Å². The first-order valence-corrected chi connectivity index (χ1v) is 5.30. The summed E-state index contributed by atoms with van der Waals surface area (Å²) in [7, 11) is 0. The van der Waals surface area contributed by atoms with Gasteiger partial charge >= 0.3 is 0 Å². The van der Waals surface area contributed by atoms with E-state index < -0.39 is 0 Å². The van der Waals surface area contributed by atoms with Gasteiger partial charge in [-0.25, -0.2) is 0 Å². The average molecular weight is 193 g/mol. The molecule has 15 heavy (non-hydrogen) atoms. The Kier molecular flexibility index (Phi) is 1.73. The van der Waals surface area contributed by atoms with Crippen LogP contribution in [0.3, 0.4) is 0 Å². The highest BCUT2D eigenvalue weighted by molar-refractivity contribution is 5.83. The maximum absolute atomic E-state index is 3.18. The Bertz CT molecular complexity index is 578. The van der Waals surface area contributed by atoms with Crippen molar-refractivity contribution in [3.63, 3.8) is 0 Å². The summed E-state index contributed by atoms with van der Waals surface area (Å²) >= 11 is 0. The van der Waals surface area contributed by atoms with Crippen molar-refractivity contribution in [3.8, 4) is 11.8 Å². The van der Waals surface area contributed by atoms with E-state index >= 15 is 0 Å². The van der Waals surface area contributed by atoms with Crippen molar-refractivity contribution in [2.75, 3.05) is 0 Å². The van der Waals surface area contributed by atoms with Gasteiger partial charge in [-0.2, -0.15) is 0 Å². The molecule has 1 aliphatic carbocycles. The Labute approximate surface area is 89.7 Å². The fraction of sp³-hybridized carbons (Fsp3) is 0.286. The number of hydrogen-bond donors (Lipinski definition) is 0. The van der Waals surface area contributed by atoms with Crippen LogP contribution in [-0.2, 0) is 19.4 Å². The van der Waals surface area contributed by atoms with Gasteiger partial charge < -0.3 is 0 Å². The molecular formula is C14H11N. The van der Waals surface area contributed by atoms with Gasteiger partial charge in [-0.1, -0.05) is 17.9 Å². The Hall–Kier alpha value is -1.86. The van der Waals surface area contributed by atoms with E-state index in [1.165, 1.54) is 22.0 Å². The first-order valence-electron chi connectivity index (χ1n) is 5.30. The minimum Gasteiger partial charge on any atom is -0.300 e. The van der Waals surface area contributed by atoms with Crippen molar-refractivity contribution >= 4 is 10.9 Å². The molecule has 1 heterocycles. The van der Waals surface area contributed by atoms with Crippen molar-refractivity contribution in [2.45, 2.75) is 26.3 Å². The molecule has 3 rings (SSSR count). The summed E-state index contributed by atoms with van der Waals surface area (Å²) in [5, 5.41) is 1.17. The van der Waals surface area contributed by atoms with Crippen molar-refractivity contribution < 1.29 is 0 Å². The summed E-state index contributed by atoms with van der Waals surface area (Å²) in [6, 6.07) is 7.48. The second kappa shape index (κ2) is 3.07. The molecule has 0 spiro atoms. The summed E-state index contributed by atoms with van der Waals surface area (Å²) in [5.41, 5.74) is 4.03. The molecule has 1 heteroatoms. The number of nitrogens with zero attached hydrogens (tertiary/aromatic N) is 1. The van der Waals surface area contributed by atoms with E-state index in [2.05, 4.69) is 47.7 Å². The normalized spacial score (nSPS) is 12.9. The summed E-state index contributed by atoms with van der Waals surface area (Å²) < 4.78 is 2.14. The lowest BCUT2D eigenvalue weighted by Gasteiger charge is -2.11. The molecule has 0 unspecified atom stereocenters. The zero-order chi connectivity index (χ0) is 10.3. The van der Waals surface area contributed by atoms with Crippen molar-refractivity contribution in [3.05, 3.63) is 35.5 Å². The van der Waals surface area contributed by atoms with Crippen LogP contribution in [0.25, 0.3) is 10.9 Å². The average Bonchev–Trinajstić information content (AvgIpc) is 2.72. The second-order valence-electron chi connectivity index (χ2n) is 3.79. The number of benzene rings is 1. The van der Waals surface area contributed by atoms with Crippen LogP contribution in [0.2, 0.25) is 0 Å². The van der Waals surface area contributed by atoms with Gasteiger partial charge in [0.2, 0.25) is 0 Å². The van der Waals surface area contributed by atoms with Crippen LogP contribution in [0, 0.1) is 24.1 Å². The third kappa shape index (κ3) is 1.14. The minimum atomic E-state index is 0.873. The number of aryl methyl sites for hydroxylation is 1. The van der Waals surface area contributed by atoms with E-state index in [9.17, 15) is 0 Å². The van der Waals surface area contributed by atoms with Crippen LogP contribution in [-0.4, -0.2) is 4.57 Å². The fourth-order valence-electron chi connectivity index (χ4n) is 2.18. The maximum atomic E-state index is 3.18. The minimum absolute atomic E-state index is 0.873. The van der Waals surface area contributed by atoms with Crippen molar-refractivity contribution in [2.24, 2.45) is 0 Å². The molecule has 0 N–H and O–H groups in total. The van der Waals surface area contributed by atoms with Gasteiger partial charge in [0.1, 0.15) is 0 Å². The smallest absolute Gasteiger partial charge is 0.0691 e. The van der Waals surface area contributed by atoms with Gasteiger partial charge in [0.05, 0.1) is 10.9 Å². The molecule has 1 aromatic carbocycles. The molecule has 0 amide bonds. The lowest BCUT2D eigenvalue weighted by atomic mass is 9.96. The van der Waals surface area contributed by atoms with Crippen molar-refractivity contribution in [1.82, 2.24) is 4.57 Å². The molecule has 2 aromatic rings. The van der Waals surface area contributed by atoms with Crippen LogP contribution in [0.4, 0.5) is 0 Å². The maximum Gasteiger partial charge on any atom is 0.0691 e. The number of fused-ring (bicyclic) bond motifs is 3. The van der Waals surface area contributed by atoms with E-state index in [1.54, 1.807) is 0 Å². The monoisotopic (exact) mass is 193 g/mol. The Balaban J connectivity index is 2.37. The molecule has 0 saturated carbocycles. The predicted octanol–water partition coefficient (Wildman–Crippen LogP) is 2.36. The third-order valence-electron chi connectivity index (χ3n) is 2.96. The van der Waals surface area contributed by atoms with E-state index in [0.717, 1.165) is 19.4 Å². The van der Waals surface area contributed by atoms with Gasteiger partial charge in [0.15, 0.2) is 0 Å². The highest BCUT2D eigenvalue weighted by atomic mass is 14.9. The Morgan fingerprint density at radius 2 is 2.13 bits per heavy atom. The van der Waals surface area contributed by atoms with Crippen LogP contribution in [0.1, 0.15) is 18.1 Å². The number of hydrogen-bond acceptors (Lipinski definition) is 0. The first kappa shape index (κ1) is 8.45. The molecule has 72 valence electrons. The number of rotatable bonds is 1. The van der Waals surface area contributed by atoms with E-state index in [4.69, 9.17) is 0 Å².